The van der Waals surface area contributed by atoms with Crippen molar-refractivity contribution in [1.82, 2.24) is 0 Å². The van der Waals surface area contributed by atoms with Crippen molar-refractivity contribution >= 4 is 12.2 Å². The second kappa shape index (κ2) is 15.8. The largest absolute Gasteiger partial charge is 1.00 e. The molecule has 0 spiro atoms. The van der Waals surface area contributed by atoms with Crippen molar-refractivity contribution in [3.05, 3.63) is 126 Å². The molecule has 0 bridgehead atoms. The van der Waals surface area contributed by atoms with Crippen LogP contribution >= 0.6 is 0 Å². The van der Waals surface area contributed by atoms with Crippen LogP contribution in [0.4, 0.5) is 0 Å². The molecule has 6 heteroatoms. The van der Waals surface area contributed by atoms with Crippen LogP contribution in [0.5, 0.6) is 0 Å². The summed E-state index contributed by atoms with van der Waals surface area (Å²) in [6.45, 7) is 0. The van der Waals surface area contributed by atoms with Gasteiger partial charge in [-0.05, 0) is 0 Å². The third-order valence-corrected chi connectivity index (χ3v) is 13.5. The van der Waals surface area contributed by atoms with Crippen molar-refractivity contribution in [2.45, 2.75) is 20.1 Å². The summed E-state index contributed by atoms with van der Waals surface area (Å²) >= 11 is -0.854. The minimum Gasteiger partial charge on any atom is -1.00 e. The minimum absolute atomic E-state index is 0. The van der Waals surface area contributed by atoms with E-state index >= 15 is 0 Å². The molecule has 172 valence electrons. The Morgan fingerprint density at radius 3 is 1.44 bits per heavy atom. The molecule has 0 heterocycles. The van der Waals surface area contributed by atoms with E-state index in [2.05, 4.69) is 109 Å². The van der Waals surface area contributed by atoms with Gasteiger partial charge in [0, 0.05) is 0 Å². The van der Waals surface area contributed by atoms with E-state index in [1.54, 1.807) is 17.7 Å². The van der Waals surface area contributed by atoms with Crippen LogP contribution in [0.1, 0.15) is 42.3 Å². The summed E-state index contributed by atoms with van der Waals surface area (Å²) in [5.74, 6) is 0. The van der Waals surface area contributed by atoms with Crippen LogP contribution in [-0.2, 0) is 46.5 Å². The number of rotatable bonds is 4. The molecule has 0 N–H and O–H groups in total. The van der Waals surface area contributed by atoms with Crippen LogP contribution in [0.2, 0.25) is 0 Å². The molecule has 0 saturated heterocycles. The van der Waals surface area contributed by atoms with E-state index in [1.165, 1.54) is 24.0 Å². The van der Waals surface area contributed by atoms with Crippen LogP contribution in [0.25, 0.3) is 12.2 Å². The van der Waals surface area contributed by atoms with Crippen LogP contribution in [0.3, 0.4) is 0 Å². The van der Waals surface area contributed by atoms with Gasteiger partial charge in [-0.25, -0.2) is 0 Å². The van der Waals surface area contributed by atoms with E-state index in [9.17, 15) is 0 Å². The van der Waals surface area contributed by atoms with E-state index < -0.39 is 23.2 Å². The molecule has 0 saturated carbocycles. The van der Waals surface area contributed by atoms with Gasteiger partial charge in [0.05, 0.1) is 0 Å². The molecule has 2 atom stereocenters. The molecular weight excluding hydrogens is 661 g/mol. The number of halogens is 4. The van der Waals surface area contributed by atoms with Gasteiger partial charge >= 0.3 is 205 Å². The molecule has 0 radical (unpaired) electrons. The number of allylic oxidation sites excluding steroid dienone is 10. The molecule has 6 rings (SSSR count). The van der Waals surface area contributed by atoms with Gasteiger partial charge in [-0.3, -0.25) is 0 Å². The number of benzene rings is 2. The molecule has 4 aliphatic rings. The number of hydrogen-bond donors (Lipinski definition) is 0. The maximum atomic E-state index is 2.44. The monoisotopic (exact) mass is 680 g/mol. The Morgan fingerprint density at radius 2 is 1.03 bits per heavy atom. The van der Waals surface area contributed by atoms with Gasteiger partial charge in [-0.15, -0.1) is 0 Å². The van der Waals surface area contributed by atoms with Crippen molar-refractivity contribution in [2.24, 2.45) is 0 Å². The van der Waals surface area contributed by atoms with Crippen molar-refractivity contribution in [3.8, 4) is 0 Å². The summed E-state index contributed by atoms with van der Waals surface area (Å²) in [4.78, 5) is 0. The van der Waals surface area contributed by atoms with Gasteiger partial charge in [0.1, 0.15) is 0 Å². The molecule has 34 heavy (non-hydrogen) atoms. The van der Waals surface area contributed by atoms with Crippen molar-refractivity contribution in [1.29, 1.82) is 0 Å². The third kappa shape index (κ3) is 7.90. The van der Waals surface area contributed by atoms with Crippen LogP contribution < -0.4 is 49.6 Å². The van der Waals surface area contributed by atoms with E-state index in [4.69, 9.17) is 0 Å². The van der Waals surface area contributed by atoms with Gasteiger partial charge in [-0.2, -0.15) is 0 Å². The van der Waals surface area contributed by atoms with Gasteiger partial charge in [0.25, 0.3) is 0 Å². The average Bonchev–Trinajstić information content (AvgIpc) is 3.58. The van der Waals surface area contributed by atoms with Gasteiger partial charge in [-0.1, -0.05) is 0 Å². The minimum atomic E-state index is -0.542. The van der Waals surface area contributed by atoms with Crippen molar-refractivity contribution in [3.63, 3.8) is 0 Å². The topological polar surface area (TPSA) is 0 Å². The molecule has 0 fully saturated rings. The van der Waals surface area contributed by atoms with Crippen molar-refractivity contribution < 1.29 is 96.1 Å². The molecule has 0 nitrogen and oxygen atoms in total. The zero-order valence-electron chi connectivity index (χ0n) is 18.5. The van der Waals surface area contributed by atoms with Crippen LogP contribution in [0.15, 0.2) is 104 Å². The molecule has 0 aromatic heterocycles. The Morgan fingerprint density at radius 1 is 0.588 bits per heavy atom. The summed E-state index contributed by atoms with van der Waals surface area (Å²) in [7, 11) is 0. The molecule has 0 aliphatic heterocycles. The van der Waals surface area contributed by atoms with Crippen LogP contribution in [-0.4, -0.2) is 0 Å². The second-order valence-corrected chi connectivity index (χ2v) is 15.5. The van der Waals surface area contributed by atoms with Crippen molar-refractivity contribution in [2.75, 3.05) is 0 Å². The van der Waals surface area contributed by atoms with Gasteiger partial charge in [0.2, 0.25) is 0 Å². The standard InChI is InChI=1S/2C9H7.2C5H5.4ClH.2Zr/c2*1-2-5-9-7-3-6-8(9)4-1;2*1-2-4-5-3-1;;;;;;/h2*1-7H;2*1-3H,4H2;4*1H;;/q;;;;;;;;2*+2/p-4. The Kier molecular flexibility index (Phi) is 14.8. The quantitative estimate of drug-likeness (QED) is 0.305. The maximum Gasteiger partial charge on any atom is -1.00 e. The zero-order valence-corrected chi connectivity index (χ0v) is 26.4. The van der Waals surface area contributed by atoms with E-state index in [1.807, 2.05) is 0 Å². The smallest absolute Gasteiger partial charge is 1.00 e. The summed E-state index contributed by atoms with van der Waals surface area (Å²) in [6, 6.07) is 17.7. The first-order valence-corrected chi connectivity index (χ1v) is 16.0. The average molecular weight is 685 g/mol. The summed E-state index contributed by atoms with van der Waals surface area (Å²) in [5, 5.41) is 0. The Balaban J connectivity index is 0.000000338. The molecule has 2 unspecified atom stereocenters. The third-order valence-electron chi connectivity index (χ3n) is 5.82. The summed E-state index contributed by atoms with van der Waals surface area (Å²) in [5.41, 5.74) is 5.99. The fourth-order valence-electron chi connectivity index (χ4n) is 4.27. The first kappa shape index (κ1) is 31.8. The molecule has 2 aromatic rings. The predicted molar refractivity (Wildman–Crippen MR) is 120 cm³/mol. The fraction of sp³-hybridized carbons (Fsp3) is 0.143. The van der Waals surface area contributed by atoms with E-state index in [-0.39, 0.29) is 72.9 Å². The van der Waals surface area contributed by atoms with Gasteiger partial charge in [0.15, 0.2) is 0 Å². The Bertz CT molecular complexity index is 1040. The van der Waals surface area contributed by atoms with Crippen LogP contribution in [0, 0.1) is 0 Å². The fourth-order valence-corrected chi connectivity index (χ4v) is 11.4. The van der Waals surface area contributed by atoms with E-state index in [0.717, 1.165) is 7.25 Å². The molecular formula is C28H24Cl4Zr2. The zero-order chi connectivity index (χ0) is 20.2. The Hall–Kier alpha value is -0.194. The first-order valence-electron chi connectivity index (χ1n) is 10.7. The Labute approximate surface area is 251 Å². The molecule has 0 amide bonds. The first-order chi connectivity index (χ1) is 14.9. The van der Waals surface area contributed by atoms with E-state index in [0.29, 0.717) is 0 Å². The second-order valence-electron chi connectivity index (χ2n) is 7.87. The normalized spacial score (nSPS) is 18.8. The number of hydrogen-bond acceptors (Lipinski definition) is 0. The summed E-state index contributed by atoms with van der Waals surface area (Å²) in [6.07, 6.45) is 25.5. The molecule has 2 aromatic carbocycles. The number of fused-ring (bicyclic) bond motifs is 2. The molecule has 4 aliphatic carbocycles. The van der Waals surface area contributed by atoms with Gasteiger partial charge < -0.3 is 49.6 Å². The predicted octanol–water partition coefficient (Wildman–Crippen LogP) is -4.62. The maximum absolute atomic E-state index is 2.44. The SMILES string of the molecule is C1=CC[C]([Zr+2][C]2=CC=CC2)=C1.C1=C[CH]([Zr+2][CH]2C=Cc3ccccc32)c2ccccc21.[Cl-].[Cl-].[Cl-].[Cl-]. The summed E-state index contributed by atoms with van der Waals surface area (Å²) < 4.78 is 4.92.